The molecule has 1 aliphatic rings. The number of methoxy groups -OCH3 is 4. The number of benzene rings is 3. The van der Waals surface area contributed by atoms with E-state index in [1.54, 1.807) is 28.4 Å². The molecular formula is C30H34N2O4. The highest BCUT2D eigenvalue weighted by molar-refractivity contribution is 5.61. The fourth-order valence-electron chi connectivity index (χ4n) is 4.25. The van der Waals surface area contributed by atoms with E-state index >= 15 is 0 Å². The normalized spacial score (nSPS) is 15.1. The molecule has 1 heterocycles. The maximum atomic E-state index is 5.57. The summed E-state index contributed by atoms with van der Waals surface area (Å²) in [5, 5.41) is 2.17. The van der Waals surface area contributed by atoms with Crippen LogP contribution in [0.15, 0.2) is 78.5 Å². The Morgan fingerprint density at radius 3 is 1.94 bits per heavy atom. The molecule has 0 aliphatic carbocycles. The van der Waals surface area contributed by atoms with Crippen LogP contribution in [0.25, 0.3) is 6.08 Å². The first-order chi connectivity index (χ1) is 17.5. The fourth-order valence-corrected chi connectivity index (χ4v) is 4.25. The summed E-state index contributed by atoms with van der Waals surface area (Å²) in [5.41, 5.74) is 9.03. The van der Waals surface area contributed by atoms with Crippen LogP contribution in [0.4, 0.5) is 5.69 Å². The first-order valence-corrected chi connectivity index (χ1v) is 12.0. The van der Waals surface area contributed by atoms with Crippen molar-refractivity contribution < 1.29 is 18.9 Å². The lowest BCUT2D eigenvalue weighted by Gasteiger charge is -2.28. The van der Waals surface area contributed by atoms with Crippen LogP contribution in [0.5, 0.6) is 23.0 Å². The molecule has 1 N–H and O–H groups in total. The van der Waals surface area contributed by atoms with Gasteiger partial charge in [0.2, 0.25) is 0 Å². The lowest BCUT2D eigenvalue weighted by atomic mass is 10.0. The minimum atomic E-state index is -0.0419. The van der Waals surface area contributed by atoms with Gasteiger partial charge in [0, 0.05) is 0 Å². The van der Waals surface area contributed by atoms with Crippen LogP contribution in [-0.2, 0) is 0 Å². The van der Waals surface area contributed by atoms with Crippen LogP contribution < -0.4 is 29.4 Å². The highest BCUT2D eigenvalue weighted by Crippen LogP contribution is 2.37. The number of hydrogen-bond donors (Lipinski definition) is 1. The van der Waals surface area contributed by atoms with E-state index in [9.17, 15) is 0 Å². The number of allylic oxidation sites excluding steroid dienone is 1. The van der Waals surface area contributed by atoms with E-state index in [0.717, 1.165) is 22.5 Å². The van der Waals surface area contributed by atoms with Crippen molar-refractivity contribution in [3.05, 3.63) is 95.2 Å². The standard InChI is InChI=1S/C30H34N2O4/c1-20(2)22-9-13-25(14-10-22)32-26(23-11-16-28(34-4)30(18-23)36-6)19-24(31-32)12-7-21-8-15-27(33-3)29(17-21)35-5/h7-20,26,31H,1-6H3. The minimum Gasteiger partial charge on any atom is -0.493 e. The zero-order valence-electron chi connectivity index (χ0n) is 21.7. The summed E-state index contributed by atoms with van der Waals surface area (Å²) in [5.74, 6) is 3.29. The van der Waals surface area contributed by atoms with E-state index in [2.05, 4.69) is 72.8 Å². The maximum Gasteiger partial charge on any atom is 0.161 e. The molecule has 0 fully saturated rings. The Labute approximate surface area is 213 Å². The Kier molecular flexibility index (Phi) is 7.74. The van der Waals surface area contributed by atoms with Crippen LogP contribution in [0, 0.1) is 0 Å². The van der Waals surface area contributed by atoms with Gasteiger partial charge in [-0.3, -0.25) is 10.4 Å². The van der Waals surface area contributed by atoms with Crippen molar-refractivity contribution in [2.24, 2.45) is 0 Å². The smallest absolute Gasteiger partial charge is 0.161 e. The number of anilines is 1. The Bertz CT molecular complexity index is 1250. The molecule has 4 rings (SSSR count). The molecule has 1 unspecified atom stereocenters. The average Bonchev–Trinajstić information content (AvgIpc) is 3.35. The molecule has 0 spiro atoms. The zero-order valence-corrected chi connectivity index (χ0v) is 21.7. The lowest BCUT2D eigenvalue weighted by molar-refractivity contribution is 0.354. The maximum absolute atomic E-state index is 5.57. The van der Waals surface area contributed by atoms with Gasteiger partial charge in [-0.15, -0.1) is 0 Å². The highest BCUT2D eigenvalue weighted by atomic mass is 16.5. The van der Waals surface area contributed by atoms with Crippen molar-refractivity contribution >= 4 is 11.8 Å². The van der Waals surface area contributed by atoms with E-state index in [0.29, 0.717) is 28.9 Å². The summed E-state index contributed by atoms with van der Waals surface area (Å²) in [7, 11) is 6.58. The summed E-state index contributed by atoms with van der Waals surface area (Å²) in [4.78, 5) is 0. The quantitative estimate of drug-likeness (QED) is 0.372. The molecule has 3 aromatic carbocycles. The molecule has 188 valence electrons. The summed E-state index contributed by atoms with van der Waals surface area (Å²) in [6, 6.07) is 20.5. The van der Waals surface area contributed by atoms with Gasteiger partial charge >= 0.3 is 0 Å². The van der Waals surface area contributed by atoms with E-state index in [-0.39, 0.29) is 6.04 Å². The van der Waals surface area contributed by atoms with Gasteiger partial charge in [-0.1, -0.05) is 44.2 Å². The van der Waals surface area contributed by atoms with E-state index < -0.39 is 0 Å². The largest absolute Gasteiger partial charge is 0.493 e. The number of hydrogen-bond acceptors (Lipinski definition) is 6. The molecule has 0 saturated heterocycles. The van der Waals surface area contributed by atoms with Crippen molar-refractivity contribution in [2.75, 3.05) is 33.4 Å². The first-order valence-electron chi connectivity index (χ1n) is 12.0. The molecule has 6 nitrogen and oxygen atoms in total. The molecule has 1 aliphatic heterocycles. The first kappa shape index (κ1) is 25.0. The molecule has 1 atom stereocenters. The Morgan fingerprint density at radius 1 is 0.722 bits per heavy atom. The molecule has 6 heteroatoms. The second kappa shape index (κ2) is 11.1. The Hall–Kier alpha value is -4.06. The Balaban J connectivity index is 1.68. The topological polar surface area (TPSA) is 52.2 Å². The van der Waals surface area contributed by atoms with Gasteiger partial charge in [0.1, 0.15) is 0 Å². The summed E-state index contributed by atoms with van der Waals surface area (Å²) >= 11 is 0. The third-order valence-electron chi connectivity index (χ3n) is 6.32. The van der Waals surface area contributed by atoms with Crippen LogP contribution in [-0.4, -0.2) is 28.4 Å². The zero-order chi connectivity index (χ0) is 25.7. The molecule has 36 heavy (non-hydrogen) atoms. The highest BCUT2D eigenvalue weighted by Gasteiger charge is 2.26. The molecule has 0 saturated carbocycles. The third kappa shape index (κ3) is 5.28. The fraction of sp³-hybridized carbons (Fsp3) is 0.267. The van der Waals surface area contributed by atoms with Crippen LogP contribution in [0.1, 0.15) is 42.5 Å². The van der Waals surface area contributed by atoms with Gasteiger partial charge in [-0.2, -0.15) is 0 Å². The molecule has 3 aromatic rings. The van der Waals surface area contributed by atoms with Gasteiger partial charge in [0.25, 0.3) is 0 Å². The van der Waals surface area contributed by atoms with Crippen LogP contribution >= 0.6 is 0 Å². The van der Waals surface area contributed by atoms with Crippen molar-refractivity contribution in [2.45, 2.75) is 25.8 Å². The van der Waals surface area contributed by atoms with E-state index in [1.165, 1.54) is 5.56 Å². The summed E-state index contributed by atoms with van der Waals surface area (Å²) in [6.45, 7) is 4.41. The number of nitrogens with zero attached hydrogens (tertiary/aromatic N) is 1. The second-order valence-electron chi connectivity index (χ2n) is 8.86. The molecule has 0 bridgehead atoms. The van der Waals surface area contributed by atoms with Gasteiger partial charge < -0.3 is 18.9 Å². The monoisotopic (exact) mass is 486 g/mol. The van der Waals surface area contributed by atoms with E-state index in [4.69, 9.17) is 18.9 Å². The van der Waals surface area contributed by atoms with Crippen molar-refractivity contribution in [1.29, 1.82) is 0 Å². The number of hydrazine groups is 1. The van der Waals surface area contributed by atoms with Crippen molar-refractivity contribution in [3.63, 3.8) is 0 Å². The molecule has 0 aromatic heterocycles. The summed E-state index contributed by atoms with van der Waals surface area (Å²) < 4.78 is 21.8. The number of ether oxygens (including phenoxy) is 4. The van der Waals surface area contributed by atoms with Gasteiger partial charge in [0.05, 0.1) is 45.9 Å². The van der Waals surface area contributed by atoms with Crippen LogP contribution in [0.3, 0.4) is 0 Å². The lowest BCUT2D eigenvalue weighted by Crippen LogP contribution is -2.34. The third-order valence-corrected chi connectivity index (χ3v) is 6.32. The Morgan fingerprint density at radius 2 is 1.33 bits per heavy atom. The van der Waals surface area contributed by atoms with Crippen LogP contribution in [0.2, 0.25) is 0 Å². The van der Waals surface area contributed by atoms with Gasteiger partial charge in [-0.25, -0.2) is 0 Å². The number of rotatable bonds is 9. The predicted molar refractivity (Wildman–Crippen MR) is 145 cm³/mol. The van der Waals surface area contributed by atoms with Gasteiger partial charge in [0.15, 0.2) is 23.0 Å². The number of nitrogens with one attached hydrogen (secondary N) is 1. The molecular weight excluding hydrogens is 452 g/mol. The molecule has 0 radical (unpaired) electrons. The SMILES string of the molecule is COc1ccc(C=CC2=CC(c3ccc(OC)c(OC)c3)N(c3ccc(C(C)C)cc3)N2)cc1OC. The summed E-state index contributed by atoms with van der Waals surface area (Å²) in [6.07, 6.45) is 6.32. The van der Waals surface area contributed by atoms with Crippen molar-refractivity contribution in [1.82, 2.24) is 5.43 Å². The predicted octanol–water partition coefficient (Wildman–Crippen LogP) is 6.51. The van der Waals surface area contributed by atoms with Gasteiger partial charge in [-0.05, 0) is 71.2 Å². The van der Waals surface area contributed by atoms with Crippen molar-refractivity contribution in [3.8, 4) is 23.0 Å². The minimum absolute atomic E-state index is 0.0419. The average molecular weight is 487 g/mol. The van der Waals surface area contributed by atoms with E-state index in [1.807, 2.05) is 30.3 Å². The molecule has 0 amide bonds. The second-order valence-corrected chi connectivity index (χ2v) is 8.86.